The van der Waals surface area contributed by atoms with Crippen LogP contribution in [-0.2, 0) is 10.9 Å². The van der Waals surface area contributed by atoms with Crippen LogP contribution in [0.15, 0.2) is 47.1 Å². The number of rotatable bonds is 5. The molecular formula is C17H12F3N5O4. The second kappa shape index (κ2) is 7.96. The number of methoxy groups -OCH3 is 1. The Balaban J connectivity index is 1.62. The van der Waals surface area contributed by atoms with Crippen molar-refractivity contribution in [1.82, 2.24) is 20.6 Å². The Morgan fingerprint density at radius 3 is 2.31 bits per heavy atom. The van der Waals surface area contributed by atoms with Gasteiger partial charge in [0.05, 0.1) is 12.7 Å². The average molecular weight is 407 g/mol. The molecule has 2 N–H and O–H groups in total. The summed E-state index contributed by atoms with van der Waals surface area (Å²) in [4.78, 5) is 30.7. The molecule has 0 saturated heterocycles. The molecule has 29 heavy (non-hydrogen) atoms. The van der Waals surface area contributed by atoms with E-state index in [4.69, 9.17) is 0 Å². The normalized spacial score (nSPS) is 11.0. The van der Waals surface area contributed by atoms with Crippen molar-refractivity contribution in [3.8, 4) is 11.4 Å². The number of hydrogen-bond donors (Lipinski definition) is 2. The zero-order chi connectivity index (χ0) is 21.0. The molecule has 0 aliphatic heterocycles. The molecule has 0 saturated carbocycles. The van der Waals surface area contributed by atoms with E-state index >= 15 is 0 Å². The summed E-state index contributed by atoms with van der Waals surface area (Å²) in [7, 11) is 1.24. The molecular weight excluding hydrogens is 395 g/mol. The van der Waals surface area contributed by atoms with Crippen molar-refractivity contribution in [3.05, 3.63) is 59.6 Å². The monoisotopic (exact) mass is 407 g/mol. The summed E-state index contributed by atoms with van der Waals surface area (Å²) in [6.45, 7) is 0. The maximum absolute atomic E-state index is 12.5. The van der Waals surface area contributed by atoms with E-state index in [0.29, 0.717) is 0 Å². The lowest BCUT2D eigenvalue weighted by atomic mass is 10.1. The second-order valence-corrected chi connectivity index (χ2v) is 5.50. The summed E-state index contributed by atoms with van der Waals surface area (Å²) in [5.41, 5.74) is 5.67. The predicted octanol–water partition coefficient (Wildman–Crippen LogP) is 2.69. The summed E-state index contributed by atoms with van der Waals surface area (Å²) in [6.07, 6.45) is -3.46. The van der Waals surface area contributed by atoms with E-state index in [1.165, 1.54) is 49.7 Å². The van der Waals surface area contributed by atoms with Gasteiger partial charge in [-0.2, -0.15) is 18.2 Å². The summed E-state index contributed by atoms with van der Waals surface area (Å²) in [6, 6.07) is 8.44. The molecule has 0 spiro atoms. The fourth-order valence-corrected chi connectivity index (χ4v) is 2.13. The summed E-state index contributed by atoms with van der Waals surface area (Å²) >= 11 is 0. The number of nitrogens with one attached hydrogen (secondary N) is 2. The van der Waals surface area contributed by atoms with Crippen molar-refractivity contribution in [2.45, 2.75) is 6.18 Å². The van der Waals surface area contributed by atoms with Crippen LogP contribution in [0, 0.1) is 0 Å². The largest absolute Gasteiger partial charge is 0.471 e. The van der Waals surface area contributed by atoms with Gasteiger partial charge in [-0.25, -0.2) is 9.78 Å². The molecule has 1 aromatic carbocycles. The molecule has 1 amide bonds. The number of alkyl halides is 3. The summed E-state index contributed by atoms with van der Waals surface area (Å²) < 4.78 is 46.2. The topological polar surface area (TPSA) is 119 Å². The minimum atomic E-state index is -4.74. The number of amides is 1. The Labute approximate surface area is 160 Å². The smallest absolute Gasteiger partial charge is 0.465 e. The molecule has 2 aromatic heterocycles. The molecule has 9 nitrogen and oxygen atoms in total. The molecule has 2 heterocycles. The first-order valence-electron chi connectivity index (χ1n) is 7.90. The standard InChI is InChI=1S/C17H12F3N5O4/c1-28-15(27)11-6-7-12(21-8-11)23-24-14(26)10-4-2-9(3-5-10)13-22-16(29-25-13)17(18,19)20/h2-8H,1H3,(H,21,23)(H,24,26). The number of aromatic nitrogens is 3. The highest BCUT2D eigenvalue weighted by Crippen LogP contribution is 2.29. The van der Waals surface area contributed by atoms with Gasteiger partial charge >= 0.3 is 18.0 Å². The fraction of sp³-hybridized carbons (Fsp3) is 0.118. The van der Waals surface area contributed by atoms with Gasteiger partial charge in [-0.05, 0) is 24.3 Å². The van der Waals surface area contributed by atoms with Crippen molar-refractivity contribution in [1.29, 1.82) is 0 Å². The quantitative estimate of drug-likeness (QED) is 0.489. The first-order valence-corrected chi connectivity index (χ1v) is 7.90. The van der Waals surface area contributed by atoms with Crippen LogP contribution in [0.2, 0.25) is 0 Å². The van der Waals surface area contributed by atoms with Crippen LogP contribution >= 0.6 is 0 Å². The van der Waals surface area contributed by atoms with Crippen molar-refractivity contribution < 1.29 is 32.0 Å². The van der Waals surface area contributed by atoms with E-state index in [1.807, 2.05) is 0 Å². The number of esters is 1. The SMILES string of the molecule is COC(=O)c1ccc(NNC(=O)c2ccc(-c3noc(C(F)(F)F)n3)cc2)nc1. The third kappa shape index (κ3) is 4.66. The Hall–Kier alpha value is -3.96. The van der Waals surface area contributed by atoms with Gasteiger partial charge in [0.1, 0.15) is 5.82 Å². The van der Waals surface area contributed by atoms with Crippen LogP contribution in [0.3, 0.4) is 0 Å². The van der Waals surface area contributed by atoms with E-state index in [1.54, 1.807) is 0 Å². The molecule has 0 radical (unpaired) electrons. The van der Waals surface area contributed by atoms with E-state index in [2.05, 4.69) is 35.2 Å². The lowest BCUT2D eigenvalue weighted by Crippen LogP contribution is -2.29. The number of carbonyl (C=O) groups excluding carboxylic acids is 2. The number of hydrazine groups is 1. The summed E-state index contributed by atoms with van der Waals surface area (Å²) in [5.74, 6) is -2.51. The maximum Gasteiger partial charge on any atom is 0.471 e. The molecule has 0 atom stereocenters. The van der Waals surface area contributed by atoms with Crippen LogP contribution in [0.25, 0.3) is 11.4 Å². The van der Waals surface area contributed by atoms with Gasteiger partial charge in [0.15, 0.2) is 0 Å². The molecule has 3 rings (SSSR count). The zero-order valence-corrected chi connectivity index (χ0v) is 14.6. The Morgan fingerprint density at radius 2 is 1.76 bits per heavy atom. The number of pyridine rings is 1. The Kier molecular flexibility index (Phi) is 5.43. The number of carbonyl (C=O) groups is 2. The number of halogens is 3. The molecule has 0 fully saturated rings. The number of hydrogen-bond acceptors (Lipinski definition) is 8. The highest BCUT2D eigenvalue weighted by atomic mass is 19.4. The van der Waals surface area contributed by atoms with E-state index in [-0.39, 0.29) is 28.3 Å². The minimum absolute atomic E-state index is 0.215. The highest BCUT2D eigenvalue weighted by molar-refractivity contribution is 5.95. The van der Waals surface area contributed by atoms with Gasteiger partial charge in [0.25, 0.3) is 5.91 Å². The maximum atomic E-state index is 12.5. The van der Waals surface area contributed by atoms with Gasteiger partial charge in [0.2, 0.25) is 5.82 Å². The van der Waals surface area contributed by atoms with Gasteiger partial charge in [0, 0.05) is 17.3 Å². The molecule has 0 aliphatic rings. The van der Waals surface area contributed by atoms with Crippen LogP contribution in [0.1, 0.15) is 26.6 Å². The highest BCUT2D eigenvalue weighted by Gasteiger charge is 2.38. The molecule has 0 bridgehead atoms. The van der Waals surface area contributed by atoms with Gasteiger partial charge in [-0.15, -0.1) is 0 Å². The first-order chi connectivity index (χ1) is 13.8. The molecule has 0 aliphatic carbocycles. The van der Waals surface area contributed by atoms with Crippen LogP contribution in [0.5, 0.6) is 0 Å². The fourth-order valence-electron chi connectivity index (χ4n) is 2.13. The minimum Gasteiger partial charge on any atom is -0.465 e. The predicted molar refractivity (Wildman–Crippen MR) is 91.4 cm³/mol. The average Bonchev–Trinajstić information content (AvgIpc) is 3.23. The van der Waals surface area contributed by atoms with Crippen LogP contribution in [0.4, 0.5) is 19.0 Å². The van der Waals surface area contributed by atoms with Crippen molar-refractivity contribution >= 4 is 17.7 Å². The number of nitrogens with zero attached hydrogens (tertiary/aromatic N) is 3. The first kappa shape index (κ1) is 19.8. The zero-order valence-electron chi connectivity index (χ0n) is 14.6. The lowest BCUT2D eigenvalue weighted by molar-refractivity contribution is -0.159. The van der Waals surface area contributed by atoms with Crippen LogP contribution < -0.4 is 10.9 Å². The lowest BCUT2D eigenvalue weighted by Gasteiger charge is -2.08. The van der Waals surface area contributed by atoms with E-state index < -0.39 is 23.9 Å². The van der Waals surface area contributed by atoms with E-state index in [0.717, 1.165) is 0 Å². The molecule has 3 aromatic rings. The van der Waals surface area contributed by atoms with Gasteiger partial charge in [-0.3, -0.25) is 15.6 Å². The number of benzene rings is 1. The Bertz CT molecular complexity index is 1020. The Morgan fingerprint density at radius 1 is 1.07 bits per heavy atom. The number of ether oxygens (including phenoxy) is 1. The molecule has 0 unspecified atom stereocenters. The third-order valence-electron chi connectivity index (χ3n) is 3.56. The van der Waals surface area contributed by atoms with Gasteiger partial charge < -0.3 is 9.26 Å². The second-order valence-electron chi connectivity index (χ2n) is 5.50. The third-order valence-corrected chi connectivity index (χ3v) is 3.56. The van der Waals surface area contributed by atoms with Crippen LogP contribution in [-0.4, -0.2) is 34.1 Å². The van der Waals surface area contributed by atoms with Gasteiger partial charge in [-0.1, -0.05) is 17.3 Å². The van der Waals surface area contributed by atoms with Crippen molar-refractivity contribution in [2.75, 3.05) is 12.5 Å². The molecule has 150 valence electrons. The van der Waals surface area contributed by atoms with E-state index in [9.17, 15) is 22.8 Å². The van der Waals surface area contributed by atoms with Crippen molar-refractivity contribution in [2.24, 2.45) is 0 Å². The molecule has 12 heteroatoms. The van der Waals surface area contributed by atoms with Crippen molar-refractivity contribution in [3.63, 3.8) is 0 Å². The number of anilines is 1. The summed E-state index contributed by atoms with van der Waals surface area (Å²) in [5, 5.41) is 3.27.